The third-order valence-corrected chi connectivity index (χ3v) is 3.19. The van der Waals surface area contributed by atoms with Crippen LogP contribution in [-0.2, 0) is 30.0 Å². The number of hydrogen-bond acceptors (Lipinski definition) is 5. The van der Waals surface area contributed by atoms with Crippen molar-refractivity contribution in [3.05, 3.63) is 40.9 Å². The van der Waals surface area contributed by atoms with Crippen LogP contribution in [0.4, 0.5) is 18.9 Å². The number of alkyl halides is 3. The number of carbonyl (C=O) groups is 3. The molecule has 0 saturated heterocycles. The van der Waals surface area contributed by atoms with Crippen LogP contribution in [0.2, 0.25) is 5.02 Å². The van der Waals surface area contributed by atoms with Crippen molar-refractivity contribution in [3.8, 4) is 0 Å². The number of ether oxygens (including phenoxy) is 2. The third-order valence-electron chi connectivity index (χ3n) is 2.86. The maximum atomic E-state index is 12.7. The fourth-order valence-corrected chi connectivity index (χ4v) is 1.79. The Bertz CT molecular complexity index is 718. The van der Waals surface area contributed by atoms with Crippen LogP contribution >= 0.6 is 11.6 Å². The van der Waals surface area contributed by atoms with Gasteiger partial charge in [-0.1, -0.05) is 11.6 Å². The lowest BCUT2D eigenvalue weighted by atomic mass is 10.2. The van der Waals surface area contributed by atoms with Crippen molar-refractivity contribution in [1.82, 2.24) is 0 Å². The fourth-order valence-electron chi connectivity index (χ4n) is 1.63. The number of anilines is 1. The molecule has 0 aliphatic carbocycles. The molecule has 6 nitrogen and oxygen atoms in total. The van der Waals surface area contributed by atoms with Gasteiger partial charge in [0, 0.05) is 12.2 Å². The minimum atomic E-state index is -4.61. The van der Waals surface area contributed by atoms with Crippen LogP contribution in [0.5, 0.6) is 0 Å². The van der Waals surface area contributed by atoms with Crippen molar-refractivity contribution < 1.29 is 37.0 Å². The average molecular weight is 394 g/mol. The fraction of sp³-hybridized carbons (Fsp3) is 0.312. The molecule has 0 spiro atoms. The highest BCUT2D eigenvalue weighted by Crippen LogP contribution is 2.33. The number of amides is 1. The zero-order valence-corrected chi connectivity index (χ0v) is 14.5. The van der Waals surface area contributed by atoms with Gasteiger partial charge < -0.3 is 14.8 Å². The molecule has 0 aliphatic heterocycles. The van der Waals surface area contributed by atoms with Crippen molar-refractivity contribution in [2.24, 2.45) is 0 Å². The summed E-state index contributed by atoms with van der Waals surface area (Å²) in [6.45, 7) is 2.90. The lowest BCUT2D eigenvalue weighted by Gasteiger charge is -2.15. The van der Waals surface area contributed by atoms with E-state index in [4.69, 9.17) is 16.3 Å². The van der Waals surface area contributed by atoms with Gasteiger partial charge in [-0.3, -0.25) is 4.79 Å². The predicted molar refractivity (Wildman–Crippen MR) is 86.4 cm³/mol. The van der Waals surface area contributed by atoms with E-state index in [1.165, 1.54) is 6.92 Å². The van der Waals surface area contributed by atoms with Crippen LogP contribution < -0.4 is 5.32 Å². The summed E-state index contributed by atoms with van der Waals surface area (Å²) < 4.78 is 47.4. The first-order valence-electron chi connectivity index (χ1n) is 7.27. The van der Waals surface area contributed by atoms with Gasteiger partial charge in [-0.25, -0.2) is 9.59 Å². The number of hydrogen-bond donors (Lipinski definition) is 1. The van der Waals surface area contributed by atoms with E-state index in [-0.39, 0.29) is 17.3 Å². The molecule has 0 radical (unpaired) electrons. The van der Waals surface area contributed by atoms with E-state index in [1.54, 1.807) is 6.92 Å². The molecule has 1 amide bonds. The first-order chi connectivity index (χ1) is 12.0. The van der Waals surface area contributed by atoms with Crippen molar-refractivity contribution in [1.29, 1.82) is 0 Å². The van der Waals surface area contributed by atoms with E-state index >= 15 is 0 Å². The molecule has 1 N–H and O–H groups in total. The zero-order valence-electron chi connectivity index (χ0n) is 13.7. The number of carbonyl (C=O) groups excluding carboxylic acids is 3. The molecule has 1 rings (SSSR count). The zero-order chi connectivity index (χ0) is 19.9. The van der Waals surface area contributed by atoms with Gasteiger partial charge in [0.25, 0.3) is 5.91 Å². The number of nitrogens with one attached hydrogen (secondary N) is 1. The Kier molecular flexibility index (Phi) is 7.63. The van der Waals surface area contributed by atoms with E-state index in [0.29, 0.717) is 6.07 Å². The van der Waals surface area contributed by atoms with Crippen molar-refractivity contribution in [2.75, 3.05) is 11.9 Å². The summed E-state index contributed by atoms with van der Waals surface area (Å²) in [4.78, 5) is 34.5. The van der Waals surface area contributed by atoms with Crippen LogP contribution in [0.15, 0.2) is 30.4 Å². The molecule has 0 unspecified atom stereocenters. The minimum Gasteiger partial charge on any atom is -0.463 e. The molecule has 10 heteroatoms. The van der Waals surface area contributed by atoms with E-state index in [2.05, 4.69) is 10.1 Å². The van der Waals surface area contributed by atoms with Gasteiger partial charge in [-0.05, 0) is 32.0 Å². The maximum Gasteiger partial charge on any atom is 0.416 e. The summed E-state index contributed by atoms with van der Waals surface area (Å²) in [5.41, 5.74) is -1.28. The molecular weight excluding hydrogens is 379 g/mol. The number of benzene rings is 1. The van der Waals surface area contributed by atoms with Crippen LogP contribution in [0.1, 0.15) is 19.4 Å². The highest BCUT2D eigenvalue weighted by Gasteiger charge is 2.31. The Labute approximate surface area is 151 Å². The van der Waals surface area contributed by atoms with Gasteiger partial charge in [0.2, 0.25) is 0 Å². The minimum absolute atomic E-state index is 0.118. The van der Waals surface area contributed by atoms with Crippen LogP contribution in [0.25, 0.3) is 0 Å². The van der Waals surface area contributed by atoms with Gasteiger partial charge in [0.1, 0.15) is 0 Å². The lowest BCUT2D eigenvalue weighted by Crippen LogP contribution is -2.29. The van der Waals surface area contributed by atoms with Crippen molar-refractivity contribution in [2.45, 2.75) is 26.1 Å². The van der Waals surface area contributed by atoms with E-state index < -0.39 is 35.7 Å². The first-order valence-corrected chi connectivity index (χ1v) is 7.65. The first kappa shape index (κ1) is 21.5. The van der Waals surface area contributed by atoms with Gasteiger partial charge in [-0.15, -0.1) is 0 Å². The van der Waals surface area contributed by atoms with Crippen LogP contribution in [0, 0.1) is 0 Å². The second-order valence-electron chi connectivity index (χ2n) is 4.85. The molecule has 1 aromatic carbocycles. The SMILES string of the molecule is CCOC(=O)/C=C/C(=O)O[C@H](C)C(=O)Nc1cc(C(F)(F)F)ccc1Cl. The summed E-state index contributed by atoms with van der Waals surface area (Å²) in [5, 5.41) is 2.03. The second kappa shape index (κ2) is 9.23. The number of esters is 2. The molecule has 0 aliphatic rings. The van der Waals surface area contributed by atoms with Crippen molar-refractivity contribution >= 4 is 35.1 Å². The van der Waals surface area contributed by atoms with Crippen LogP contribution in [-0.4, -0.2) is 30.6 Å². The Hall–Kier alpha value is -2.55. The van der Waals surface area contributed by atoms with E-state index in [1.807, 2.05) is 0 Å². The van der Waals surface area contributed by atoms with Crippen molar-refractivity contribution in [3.63, 3.8) is 0 Å². The summed E-state index contributed by atoms with van der Waals surface area (Å²) in [5.74, 6) is -2.67. The molecule has 1 atom stereocenters. The maximum absolute atomic E-state index is 12.7. The summed E-state index contributed by atoms with van der Waals surface area (Å²) in [7, 11) is 0. The molecule has 0 bridgehead atoms. The molecule has 0 fully saturated rings. The number of rotatable bonds is 6. The van der Waals surface area contributed by atoms with Gasteiger partial charge >= 0.3 is 18.1 Å². The van der Waals surface area contributed by atoms with Gasteiger partial charge in [0.15, 0.2) is 6.10 Å². The van der Waals surface area contributed by atoms with E-state index in [0.717, 1.165) is 24.3 Å². The molecule has 0 heterocycles. The van der Waals surface area contributed by atoms with E-state index in [9.17, 15) is 27.6 Å². The third kappa shape index (κ3) is 6.75. The second-order valence-corrected chi connectivity index (χ2v) is 5.25. The Morgan fingerprint density at radius 1 is 1.23 bits per heavy atom. The van der Waals surface area contributed by atoms with Gasteiger partial charge in [0.05, 0.1) is 22.9 Å². The average Bonchev–Trinajstić information content (AvgIpc) is 2.54. The quantitative estimate of drug-likeness (QED) is 0.592. The predicted octanol–water partition coefficient (Wildman–Crippen LogP) is 3.35. The largest absolute Gasteiger partial charge is 0.463 e. The smallest absolute Gasteiger partial charge is 0.416 e. The number of halogens is 4. The highest BCUT2D eigenvalue weighted by atomic mass is 35.5. The molecule has 1 aromatic rings. The highest BCUT2D eigenvalue weighted by molar-refractivity contribution is 6.33. The lowest BCUT2D eigenvalue weighted by molar-refractivity contribution is -0.148. The Morgan fingerprint density at radius 3 is 2.42 bits per heavy atom. The molecule has 26 heavy (non-hydrogen) atoms. The molecule has 0 aromatic heterocycles. The summed E-state index contributed by atoms with van der Waals surface area (Å²) in [6, 6.07) is 2.41. The topological polar surface area (TPSA) is 81.7 Å². The van der Waals surface area contributed by atoms with Crippen LogP contribution in [0.3, 0.4) is 0 Å². The van der Waals surface area contributed by atoms with Gasteiger partial charge in [-0.2, -0.15) is 13.2 Å². The standard InChI is InChI=1S/C16H15ClF3NO5/c1-3-25-13(22)6-7-14(23)26-9(2)15(24)21-12-8-10(16(18,19)20)4-5-11(12)17/h4-9H,3H2,1-2H3,(H,21,24)/b7-6+/t9-/m1/s1. The Morgan fingerprint density at radius 2 is 1.85 bits per heavy atom. The summed E-state index contributed by atoms with van der Waals surface area (Å²) in [6.07, 6.45) is -4.38. The molecule has 142 valence electrons. The molecule has 0 saturated carbocycles. The monoisotopic (exact) mass is 393 g/mol. The summed E-state index contributed by atoms with van der Waals surface area (Å²) >= 11 is 5.76. The Balaban J connectivity index is 2.73. The normalized spacial score (nSPS) is 12.5. The molecular formula is C16H15ClF3NO5.